The molecule has 0 bridgehead atoms. The number of hydrogen-bond acceptors (Lipinski definition) is 5. The Bertz CT molecular complexity index is 460. The molecule has 98 valence electrons. The lowest BCUT2D eigenvalue weighted by Gasteiger charge is -2.11. The highest BCUT2D eigenvalue weighted by atomic mass is 16.6. The van der Waals surface area contributed by atoms with Gasteiger partial charge in [-0.15, -0.1) is 0 Å². The van der Waals surface area contributed by atoms with Crippen LogP contribution in [0.15, 0.2) is 12.3 Å². The van der Waals surface area contributed by atoms with Gasteiger partial charge in [0.25, 0.3) is 11.6 Å². The van der Waals surface area contributed by atoms with Gasteiger partial charge in [-0.2, -0.15) is 0 Å². The minimum absolute atomic E-state index is 0.0404. The predicted molar refractivity (Wildman–Crippen MR) is 67.7 cm³/mol. The molecule has 1 heterocycles. The average molecular weight is 252 g/mol. The molecule has 0 aromatic carbocycles. The molecule has 1 aromatic heterocycles. The van der Waals surface area contributed by atoms with Gasteiger partial charge in [-0.1, -0.05) is 6.92 Å². The van der Waals surface area contributed by atoms with Crippen LogP contribution in [0.2, 0.25) is 0 Å². The van der Waals surface area contributed by atoms with E-state index in [2.05, 4.69) is 10.3 Å². The maximum Gasteiger partial charge on any atom is 0.300 e. The van der Waals surface area contributed by atoms with Crippen LogP contribution in [0.25, 0.3) is 0 Å². The molecular formula is C11H16N4O3. The number of carbonyl (C=O) groups excluding carboxylic acids is 1. The van der Waals surface area contributed by atoms with Crippen LogP contribution in [0.3, 0.4) is 0 Å². The quantitative estimate of drug-likeness (QED) is 0.634. The Morgan fingerprint density at radius 3 is 2.72 bits per heavy atom. The molecule has 0 atom stereocenters. The molecule has 1 aromatic rings. The SMILES string of the molecule is CCCNc1cc(C(=O)N(C)C)c([N+](=O)[O-])cn1. The zero-order chi connectivity index (χ0) is 13.7. The molecule has 1 rings (SSSR count). The monoisotopic (exact) mass is 252 g/mol. The highest BCUT2D eigenvalue weighted by molar-refractivity contribution is 5.98. The lowest BCUT2D eigenvalue weighted by molar-refractivity contribution is -0.385. The summed E-state index contributed by atoms with van der Waals surface area (Å²) < 4.78 is 0. The van der Waals surface area contributed by atoms with Crippen molar-refractivity contribution in [3.05, 3.63) is 27.9 Å². The van der Waals surface area contributed by atoms with E-state index in [1.165, 1.54) is 11.0 Å². The third kappa shape index (κ3) is 3.16. The fourth-order valence-corrected chi connectivity index (χ4v) is 1.36. The number of rotatable bonds is 5. The molecule has 0 aliphatic carbocycles. The molecule has 0 aliphatic rings. The van der Waals surface area contributed by atoms with E-state index in [9.17, 15) is 14.9 Å². The van der Waals surface area contributed by atoms with Crippen LogP contribution < -0.4 is 5.32 Å². The first-order chi connectivity index (χ1) is 8.47. The van der Waals surface area contributed by atoms with Crippen molar-refractivity contribution >= 4 is 17.4 Å². The number of aromatic nitrogens is 1. The molecule has 0 aliphatic heterocycles. The van der Waals surface area contributed by atoms with E-state index in [0.717, 1.165) is 12.6 Å². The molecule has 1 amide bonds. The molecule has 0 radical (unpaired) electrons. The van der Waals surface area contributed by atoms with E-state index in [-0.39, 0.29) is 11.3 Å². The summed E-state index contributed by atoms with van der Waals surface area (Å²) in [7, 11) is 3.09. The van der Waals surface area contributed by atoms with E-state index in [1.54, 1.807) is 14.1 Å². The summed E-state index contributed by atoms with van der Waals surface area (Å²) in [5.74, 6) is 0.0521. The van der Waals surface area contributed by atoms with Crippen LogP contribution in [0.4, 0.5) is 11.5 Å². The average Bonchev–Trinajstić information content (AvgIpc) is 2.34. The van der Waals surface area contributed by atoms with Gasteiger partial charge >= 0.3 is 0 Å². The number of nitro groups is 1. The Balaban J connectivity index is 3.15. The second kappa shape index (κ2) is 5.95. The van der Waals surface area contributed by atoms with Gasteiger partial charge in [0.2, 0.25) is 0 Å². The largest absolute Gasteiger partial charge is 0.370 e. The van der Waals surface area contributed by atoms with E-state index in [0.29, 0.717) is 12.4 Å². The number of nitrogens with zero attached hydrogens (tertiary/aromatic N) is 3. The second-order valence-corrected chi connectivity index (χ2v) is 3.97. The zero-order valence-corrected chi connectivity index (χ0v) is 10.6. The van der Waals surface area contributed by atoms with Crippen molar-refractivity contribution in [3.63, 3.8) is 0 Å². The third-order valence-corrected chi connectivity index (χ3v) is 2.27. The fraction of sp³-hybridized carbons (Fsp3) is 0.455. The van der Waals surface area contributed by atoms with E-state index in [1.807, 2.05) is 6.92 Å². The van der Waals surface area contributed by atoms with Gasteiger partial charge in [0.15, 0.2) is 0 Å². The second-order valence-electron chi connectivity index (χ2n) is 3.97. The minimum Gasteiger partial charge on any atom is -0.370 e. The number of pyridine rings is 1. The van der Waals surface area contributed by atoms with Crippen LogP contribution in [-0.4, -0.2) is 41.4 Å². The van der Waals surface area contributed by atoms with Crippen LogP contribution in [0, 0.1) is 10.1 Å². The maximum absolute atomic E-state index is 11.9. The first-order valence-electron chi connectivity index (χ1n) is 5.57. The van der Waals surface area contributed by atoms with Gasteiger partial charge in [-0.05, 0) is 6.42 Å². The summed E-state index contributed by atoms with van der Waals surface area (Å²) in [6.07, 6.45) is 2.00. The van der Waals surface area contributed by atoms with Crippen LogP contribution in [0.1, 0.15) is 23.7 Å². The number of carbonyl (C=O) groups is 1. The highest BCUT2D eigenvalue weighted by Crippen LogP contribution is 2.21. The maximum atomic E-state index is 11.9. The fourth-order valence-electron chi connectivity index (χ4n) is 1.36. The summed E-state index contributed by atoms with van der Waals surface area (Å²) in [4.78, 5) is 27.3. The van der Waals surface area contributed by atoms with Gasteiger partial charge in [0.1, 0.15) is 17.6 Å². The van der Waals surface area contributed by atoms with E-state index in [4.69, 9.17) is 0 Å². The van der Waals surface area contributed by atoms with Crippen molar-refractivity contribution in [2.24, 2.45) is 0 Å². The molecule has 1 N–H and O–H groups in total. The Hall–Kier alpha value is -2.18. The van der Waals surface area contributed by atoms with Gasteiger partial charge in [-0.25, -0.2) is 4.98 Å². The molecule has 0 unspecified atom stereocenters. The Morgan fingerprint density at radius 1 is 1.56 bits per heavy atom. The van der Waals surface area contributed by atoms with Gasteiger partial charge in [0.05, 0.1) is 4.92 Å². The number of nitrogens with one attached hydrogen (secondary N) is 1. The summed E-state index contributed by atoms with van der Waals surface area (Å²) in [6, 6.07) is 1.41. The molecule has 7 heteroatoms. The van der Waals surface area contributed by atoms with Crippen molar-refractivity contribution in [2.45, 2.75) is 13.3 Å². The van der Waals surface area contributed by atoms with Crippen molar-refractivity contribution in [3.8, 4) is 0 Å². The Morgan fingerprint density at radius 2 is 2.22 bits per heavy atom. The Labute approximate surface area is 105 Å². The molecule has 0 saturated carbocycles. The lowest BCUT2D eigenvalue weighted by Crippen LogP contribution is -2.23. The molecule has 7 nitrogen and oxygen atoms in total. The Kier molecular flexibility index (Phi) is 4.59. The molecular weight excluding hydrogens is 236 g/mol. The zero-order valence-electron chi connectivity index (χ0n) is 10.6. The lowest BCUT2D eigenvalue weighted by atomic mass is 10.2. The minimum atomic E-state index is -0.604. The number of anilines is 1. The smallest absolute Gasteiger partial charge is 0.300 e. The van der Waals surface area contributed by atoms with E-state index < -0.39 is 10.8 Å². The van der Waals surface area contributed by atoms with Crippen LogP contribution in [-0.2, 0) is 0 Å². The number of amides is 1. The summed E-state index contributed by atoms with van der Waals surface area (Å²) in [6.45, 7) is 2.69. The van der Waals surface area contributed by atoms with Gasteiger partial charge < -0.3 is 10.2 Å². The van der Waals surface area contributed by atoms with Gasteiger partial charge in [0, 0.05) is 26.7 Å². The standard InChI is InChI=1S/C11H16N4O3/c1-4-5-12-10-6-8(11(16)14(2)3)9(7-13-10)15(17)18/h6-7H,4-5H2,1-3H3,(H,12,13). The van der Waals surface area contributed by atoms with Crippen molar-refractivity contribution in [1.82, 2.24) is 9.88 Å². The van der Waals surface area contributed by atoms with E-state index >= 15 is 0 Å². The van der Waals surface area contributed by atoms with Crippen molar-refractivity contribution in [1.29, 1.82) is 0 Å². The van der Waals surface area contributed by atoms with Crippen LogP contribution in [0.5, 0.6) is 0 Å². The molecule has 0 fully saturated rings. The first-order valence-corrected chi connectivity index (χ1v) is 5.57. The molecule has 18 heavy (non-hydrogen) atoms. The van der Waals surface area contributed by atoms with Crippen LogP contribution >= 0.6 is 0 Å². The third-order valence-electron chi connectivity index (χ3n) is 2.27. The first kappa shape index (κ1) is 13.9. The highest BCUT2D eigenvalue weighted by Gasteiger charge is 2.22. The van der Waals surface area contributed by atoms with Crippen molar-refractivity contribution in [2.75, 3.05) is 26.0 Å². The summed E-state index contributed by atoms with van der Waals surface area (Å²) in [5, 5.41) is 13.8. The molecule has 0 spiro atoms. The van der Waals surface area contributed by atoms with Gasteiger partial charge in [-0.3, -0.25) is 14.9 Å². The predicted octanol–water partition coefficient (Wildman–Crippen LogP) is 1.51. The normalized spacial score (nSPS) is 9.94. The summed E-state index contributed by atoms with van der Waals surface area (Å²) in [5.41, 5.74) is -0.241. The number of hydrogen-bond donors (Lipinski definition) is 1. The summed E-state index contributed by atoms with van der Waals surface area (Å²) >= 11 is 0. The molecule has 0 saturated heterocycles. The van der Waals surface area contributed by atoms with Crippen molar-refractivity contribution < 1.29 is 9.72 Å². The topological polar surface area (TPSA) is 88.4 Å².